The second kappa shape index (κ2) is 8.63. The van der Waals surface area contributed by atoms with Gasteiger partial charge in [-0.25, -0.2) is 9.37 Å². The Hall–Kier alpha value is -3.39. The van der Waals surface area contributed by atoms with Crippen molar-refractivity contribution in [1.29, 1.82) is 0 Å². The number of nitrogens with one attached hydrogen (secondary N) is 1. The molecular formula is C24H24FN5O2. The monoisotopic (exact) mass is 433 g/mol. The highest BCUT2D eigenvalue weighted by Crippen LogP contribution is 2.27. The molecule has 1 amide bonds. The fraction of sp³-hybridized carbons (Fsp3) is 0.333. The highest BCUT2D eigenvalue weighted by Gasteiger charge is 2.30. The second-order valence-corrected chi connectivity index (χ2v) is 8.37. The molecule has 1 fully saturated rings. The van der Waals surface area contributed by atoms with Gasteiger partial charge in [-0.2, -0.15) is 0 Å². The Bertz CT molecular complexity index is 1200. The van der Waals surface area contributed by atoms with E-state index in [4.69, 9.17) is 4.98 Å². The van der Waals surface area contributed by atoms with Crippen LogP contribution in [-0.2, 0) is 19.5 Å². The van der Waals surface area contributed by atoms with Crippen molar-refractivity contribution in [3.05, 3.63) is 93.2 Å². The van der Waals surface area contributed by atoms with Crippen LogP contribution in [0.1, 0.15) is 45.5 Å². The lowest BCUT2D eigenvalue weighted by Gasteiger charge is -2.28. The number of carbonyl (C=O) groups is 1. The van der Waals surface area contributed by atoms with Gasteiger partial charge in [0.2, 0.25) is 0 Å². The summed E-state index contributed by atoms with van der Waals surface area (Å²) in [5.74, 6) is -0.131. The summed E-state index contributed by atoms with van der Waals surface area (Å²) in [4.78, 5) is 41.6. The van der Waals surface area contributed by atoms with Crippen molar-refractivity contribution in [2.24, 2.45) is 0 Å². The zero-order valence-electron chi connectivity index (χ0n) is 17.6. The van der Waals surface area contributed by atoms with Crippen molar-refractivity contribution in [3.8, 4) is 0 Å². The average molecular weight is 433 g/mol. The number of nitrogens with zero attached hydrogens (tertiary/aromatic N) is 4. The van der Waals surface area contributed by atoms with Crippen LogP contribution in [0.4, 0.5) is 4.39 Å². The van der Waals surface area contributed by atoms with E-state index in [1.54, 1.807) is 23.2 Å². The zero-order chi connectivity index (χ0) is 22.1. The average Bonchev–Trinajstić information content (AvgIpc) is 3.28. The summed E-state index contributed by atoms with van der Waals surface area (Å²) in [5.41, 5.74) is 2.16. The van der Waals surface area contributed by atoms with E-state index in [2.05, 4.69) is 14.9 Å². The van der Waals surface area contributed by atoms with Crippen LogP contribution in [0.2, 0.25) is 0 Å². The molecule has 5 rings (SSSR count). The van der Waals surface area contributed by atoms with E-state index >= 15 is 0 Å². The van der Waals surface area contributed by atoms with Gasteiger partial charge in [0.15, 0.2) is 0 Å². The van der Waals surface area contributed by atoms with Gasteiger partial charge >= 0.3 is 0 Å². The number of H-pyrrole nitrogens is 1. The molecule has 7 nitrogen and oxygen atoms in total. The molecule has 1 N–H and O–H groups in total. The van der Waals surface area contributed by atoms with Gasteiger partial charge in [0.1, 0.15) is 11.6 Å². The van der Waals surface area contributed by atoms with Crippen molar-refractivity contribution in [3.63, 3.8) is 0 Å². The first-order valence-electron chi connectivity index (χ1n) is 10.9. The minimum Gasteiger partial charge on any atom is -0.332 e. The maximum absolute atomic E-state index is 14.1. The van der Waals surface area contributed by atoms with Crippen molar-refractivity contribution in [1.82, 2.24) is 24.8 Å². The van der Waals surface area contributed by atoms with Crippen molar-refractivity contribution >= 4 is 5.91 Å². The minimum atomic E-state index is -0.540. The number of carbonyl (C=O) groups excluding carboxylic acids is 1. The van der Waals surface area contributed by atoms with Gasteiger partial charge in [0.25, 0.3) is 11.5 Å². The molecule has 0 radical (unpaired) electrons. The summed E-state index contributed by atoms with van der Waals surface area (Å²) in [7, 11) is 0. The highest BCUT2D eigenvalue weighted by molar-refractivity contribution is 5.94. The summed E-state index contributed by atoms with van der Waals surface area (Å²) < 4.78 is 14.1. The molecule has 0 aliphatic carbocycles. The minimum absolute atomic E-state index is 0.0435. The fourth-order valence-electron chi connectivity index (χ4n) is 4.55. The number of rotatable bonds is 4. The molecule has 3 aromatic rings. The van der Waals surface area contributed by atoms with E-state index in [-0.39, 0.29) is 29.5 Å². The van der Waals surface area contributed by atoms with E-state index in [1.165, 1.54) is 12.1 Å². The van der Waals surface area contributed by atoms with E-state index in [0.717, 1.165) is 31.7 Å². The summed E-state index contributed by atoms with van der Waals surface area (Å²) in [6.07, 6.45) is 3.10. The molecule has 1 saturated heterocycles. The van der Waals surface area contributed by atoms with E-state index in [1.807, 2.05) is 18.2 Å². The molecule has 1 atom stereocenters. The lowest BCUT2D eigenvalue weighted by atomic mass is 10.0. The third kappa shape index (κ3) is 4.05. The first kappa shape index (κ1) is 20.5. The molecular weight excluding hydrogens is 409 g/mol. The van der Waals surface area contributed by atoms with Gasteiger partial charge in [-0.3, -0.25) is 19.5 Å². The third-order valence-electron chi connectivity index (χ3n) is 6.25. The van der Waals surface area contributed by atoms with Crippen LogP contribution in [0.5, 0.6) is 0 Å². The number of hydrogen-bond acceptors (Lipinski definition) is 5. The lowest BCUT2D eigenvalue weighted by Crippen LogP contribution is -2.40. The largest absolute Gasteiger partial charge is 0.332 e. The number of aromatic amines is 1. The Balaban J connectivity index is 1.33. The molecule has 164 valence electrons. The van der Waals surface area contributed by atoms with Gasteiger partial charge < -0.3 is 9.88 Å². The molecule has 0 spiro atoms. The molecule has 0 unspecified atom stereocenters. The number of amides is 1. The SMILES string of the molecule is O=C(c1ccccc1F)N1CCc2c(nc([C@H]3CCN(Cc4ccccn4)C3)[nH]c2=O)C1. The molecule has 0 bridgehead atoms. The van der Waals surface area contributed by atoms with Crippen LogP contribution in [0.3, 0.4) is 0 Å². The molecule has 0 saturated carbocycles. The number of pyridine rings is 1. The number of aromatic nitrogens is 3. The molecule has 2 aliphatic rings. The van der Waals surface area contributed by atoms with Gasteiger partial charge in [-0.05, 0) is 43.7 Å². The Morgan fingerprint density at radius 3 is 2.81 bits per heavy atom. The number of hydrogen-bond donors (Lipinski definition) is 1. The topological polar surface area (TPSA) is 82.2 Å². The van der Waals surface area contributed by atoms with Crippen molar-refractivity contribution < 1.29 is 9.18 Å². The van der Waals surface area contributed by atoms with Crippen LogP contribution in [0, 0.1) is 5.82 Å². The Labute approximate surface area is 184 Å². The van der Waals surface area contributed by atoms with Crippen molar-refractivity contribution in [2.45, 2.75) is 31.8 Å². The zero-order valence-corrected chi connectivity index (χ0v) is 17.6. The summed E-state index contributed by atoms with van der Waals surface area (Å²) in [6.45, 7) is 3.03. The van der Waals surface area contributed by atoms with Crippen LogP contribution in [0.25, 0.3) is 0 Å². The van der Waals surface area contributed by atoms with E-state index in [9.17, 15) is 14.0 Å². The Morgan fingerprint density at radius 2 is 2.00 bits per heavy atom. The molecule has 2 aromatic heterocycles. The maximum atomic E-state index is 14.1. The lowest BCUT2D eigenvalue weighted by molar-refractivity contribution is 0.0726. The predicted molar refractivity (Wildman–Crippen MR) is 117 cm³/mol. The maximum Gasteiger partial charge on any atom is 0.257 e. The molecule has 8 heteroatoms. The normalized spacial score (nSPS) is 18.5. The van der Waals surface area contributed by atoms with Crippen LogP contribution in [-0.4, -0.2) is 50.3 Å². The number of fused-ring (bicyclic) bond motifs is 1. The summed E-state index contributed by atoms with van der Waals surface area (Å²) in [5, 5.41) is 0. The highest BCUT2D eigenvalue weighted by atomic mass is 19.1. The van der Waals surface area contributed by atoms with E-state index in [0.29, 0.717) is 30.0 Å². The Kier molecular flexibility index (Phi) is 5.53. The summed E-state index contributed by atoms with van der Waals surface area (Å²) in [6, 6.07) is 11.9. The molecule has 2 aliphatic heterocycles. The molecule has 1 aromatic carbocycles. The Morgan fingerprint density at radius 1 is 1.16 bits per heavy atom. The van der Waals surface area contributed by atoms with Gasteiger partial charge in [-0.15, -0.1) is 0 Å². The van der Waals surface area contributed by atoms with Crippen LogP contribution < -0.4 is 5.56 Å². The van der Waals surface area contributed by atoms with Gasteiger partial charge in [-0.1, -0.05) is 18.2 Å². The van der Waals surface area contributed by atoms with Crippen LogP contribution in [0.15, 0.2) is 53.5 Å². The number of halogens is 1. The van der Waals surface area contributed by atoms with Gasteiger partial charge in [0, 0.05) is 37.3 Å². The summed E-state index contributed by atoms with van der Waals surface area (Å²) >= 11 is 0. The van der Waals surface area contributed by atoms with E-state index < -0.39 is 5.82 Å². The first-order valence-corrected chi connectivity index (χ1v) is 10.9. The van der Waals surface area contributed by atoms with Crippen LogP contribution >= 0.6 is 0 Å². The van der Waals surface area contributed by atoms with Crippen molar-refractivity contribution in [2.75, 3.05) is 19.6 Å². The third-order valence-corrected chi connectivity index (χ3v) is 6.25. The molecule has 4 heterocycles. The quantitative estimate of drug-likeness (QED) is 0.684. The fourth-order valence-corrected chi connectivity index (χ4v) is 4.55. The predicted octanol–water partition coefficient (Wildman–Crippen LogP) is 2.49. The first-order chi connectivity index (χ1) is 15.6. The second-order valence-electron chi connectivity index (χ2n) is 8.37. The molecule has 32 heavy (non-hydrogen) atoms. The number of benzene rings is 1. The van der Waals surface area contributed by atoms with Gasteiger partial charge in [0.05, 0.1) is 23.5 Å². The standard InChI is InChI=1S/C24H24FN5O2/c25-20-7-2-1-6-18(20)24(32)30-12-9-19-21(15-30)27-22(28-23(19)31)16-8-11-29(13-16)14-17-5-3-4-10-26-17/h1-7,10,16H,8-9,11-15H2,(H,27,28,31)/t16-/m0/s1. The number of likely N-dealkylation sites (tertiary alicyclic amines) is 1. The smallest absolute Gasteiger partial charge is 0.257 e.